The summed E-state index contributed by atoms with van der Waals surface area (Å²) in [4.78, 5) is 49.2. The number of amides is 1. The van der Waals surface area contributed by atoms with E-state index >= 15 is 0 Å². The topological polar surface area (TPSA) is 90.0 Å². The Bertz CT molecular complexity index is 541. The van der Waals surface area contributed by atoms with Gasteiger partial charge in [0.1, 0.15) is 12.1 Å². The van der Waals surface area contributed by atoms with Gasteiger partial charge in [0, 0.05) is 31.6 Å². The van der Waals surface area contributed by atoms with E-state index in [4.69, 9.17) is 9.47 Å². The molecule has 0 aliphatic rings. The van der Waals surface area contributed by atoms with Gasteiger partial charge in [0.2, 0.25) is 5.91 Å². The van der Waals surface area contributed by atoms with Crippen molar-refractivity contribution in [1.82, 2.24) is 4.90 Å². The third-order valence-electron chi connectivity index (χ3n) is 3.40. The first-order chi connectivity index (χ1) is 12.8. The maximum absolute atomic E-state index is 12.7. The van der Waals surface area contributed by atoms with Crippen LogP contribution in [0.5, 0.6) is 0 Å². The number of ether oxygens (including phenoxy) is 2. The molecule has 0 rings (SSSR count). The lowest BCUT2D eigenvalue weighted by Crippen LogP contribution is -2.42. The minimum absolute atomic E-state index is 0.0637. The van der Waals surface area contributed by atoms with Crippen molar-refractivity contribution in [2.75, 3.05) is 25.4 Å². The Hall–Kier alpha value is -1.57. The molecule has 0 N–H and O–H groups in total. The molecular formula is C20H35NO6S. The Balaban J connectivity index is 4.83. The molecule has 0 aromatic heterocycles. The summed E-state index contributed by atoms with van der Waals surface area (Å²) in [7, 11) is 0. The van der Waals surface area contributed by atoms with Crippen LogP contribution in [0.2, 0.25) is 0 Å². The molecule has 7 nitrogen and oxygen atoms in total. The van der Waals surface area contributed by atoms with Crippen molar-refractivity contribution in [3.63, 3.8) is 0 Å². The van der Waals surface area contributed by atoms with E-state index in [0.29, 0.717) is 18.8 Å². The molecule has 0 heterocycles. The zero-order valence-electron chi connectivity index (χ0n) is 18.2. The standard InChI is InChI=1S/C20H35NO6S/c1-14(2)12-26-17(23)9-8-10-21(11-18(24)27-20(5,6)7)19(25)15(3)13-28-16(4)22/h14-15H,8-13H2,1-7H3. The van der Waals surface area contributed by atoms with E-state index < -0.39 is 17.5 Å². The van der Waals surface area contributed by atoms with Gasteiger partial charge >= 0.3 is 11.9 Å². The summed E-state index contributed by atoms with van der Waals surface area (Å²) >= 11 is 1.08. The highest BCUT2D eigenvalue weighted by molar-refractivity contribution is 8.13. The second kappa shape index (κ2) is 12.8. The van der Waals surface area contributed by atoms with Crippen molar-refractivity contribution in [2.24, 2.45) is 11.8 Å². The minimum Gasteiger partial charge on any atom is -0.465 e. The Morgan fingerprint density at radius 3 is 2.14 bits per heavy atom. The number of thioether (sulfide) groups is 1. The second-order valence-electron chi connectivity index (χ2n) is 8.23. The molecule has 0 aliphatic heterocycles. The van der Waals surface area contributed by atoms with E-state index in [-0.39, 0.29) is 42.4 Å². The molecule has 0 bridgehead atoms. The normalized spacial score (nSPS) is 12.4. The summed E-state index contributed by atoms with van der Waals surface area (Å²) in [5.41, 5.74) is -0.650. The molecular weight excluding hydrogens is 382 g/mol. The third-order valence-corrected chi connectivity index (χ3v) is 4.47. The van der Waals surface area contributed by atoms with Crippen molar-refractivity contribution in [3.8, 4) is 0 Å². The zero-order chi connectivity index (χ0) is 21.9. The van der Waals surface area contributed by atoms with Gasteiger partial charge in [-0.25, -0.2) is 0 Å². The summed E-state index contributed by atoms with van der Waals surface area (Å²) < 4.78 is 10.4. The highest BCUT2D eigenvalue weighted by Crippen LogP contribution is 2.14. The predicted molar refractivity (Wildman–Crippen MR) is 110 cm³/mol. The van der Waals surface area contributed by atoms with Gasteiger partial charge in [0.15, 0.2) is 5.12 Å². The Morgan fingerprint density at radius 2 is 1.64 bits per heavy atom. The van der Waals surface area contributed by atoms with Crippen molar-refractivity contribution < 1.29 is 28.7 Å². The predicted octanol–water partition coefficient (Wildman–Crippen LogP) is 3.05. The first-order valence-corrected chi connectivity index (χ1v) is 10.6. The average Bonchev–Trinajstić information content (AvgIpc) is 2.54. The molecule has 0 fully saturated rings. The van der Waals surface area contributed by atoms with Gasteiger partial charge in [-0.2, -0.15) is 0 Å². The summed E-state index contributed by atoms with van der Waals surface area (Å²) in [5.74, 6) is -0.892. The van der Waals surface area contributed by atoms with Gasteiger partial charge in [-0.05, 0) is 33.1 Å². The molecule has 1 unspecified atom stereocenters. The maximum Gasteiger partial charge on any atom is 0.326 e. The molecule has 0 radical (unpaired) electrons. The van der Waals surface area contributed by atoms with E-state index in [0.717, 1.165) is 11.8 Å². The average molecular weight is 418 g/mol. The van der Waals surface area contributed by atoms with Crippen molar-refractivity contribution in [3.05, 3.63) is 0 Å². The van der Waals surface area contributed by atoms with Crippen molar-refractivity contribution in [1.29, 1.82) is 0 Å². The smallest absolute Gasteiger partial charge is 0.326 e. The van der Waals surface area contributed by atoms with E-state index in [1.54, 1.807) is 27.7 Å². The van der Waals surface area contributed by atoms with Gasteiger partial charge in [-0.1, -0.05) is 32.5 Å². The molecule has 0 saturated heterocycles. The van der Waals surface area contributed by atoms with Gasteiger partial charge in [0.25, 0.3) is 0 Å². The lowest BCUT2D eigenvalue weighted by atomic mass is 10.1. The van der Waals surface area contributed by atoms with Crippen LogP contribution in [-0.2, 0) is 28.7 Å². The van der Waals surface area contributed by atoms with E-state index in [1.165, 1.54) is 11.8 Å². The van der Waals surface area contributed by atoms with Gasteiger partial charge in [-0.15, -0.1) is 0 Å². The molecule has 162 valence electrons. The van der Waals surface area contributed by atoms with Crippen LogP contribution in [0.3, 0.4) is 0 Å². The number of hydrogen-bond acceptors (Lipinski definition) is 7. The fourth-order valence-electron chi connectivity index (χ4n) is 2.17. The van der Waals surface area contributed by atoms with Crippen LogP contribution >= 0.6 is 11.8 Å². The molecule has 0 saturated carbocycles. The fourth-order valence-corrected chi connectivity index (χ4v) is 2.80. The maximum atomic E-state index is 12.7. The largest absolute Gasteiger partial charge is 0.465 e. The molecule has 1 amide bonds. The fraction of sp³-hybridized carbons (Fsp3) is 0.800. The highest BCUT2D eigenvalue weighted by Gasteiger charge is 2.25. The first kappa shape index (κ1) is 26.4. The quantitative estimate of drug-likeness (QED) is 0.477. The van der Waals surface area contributed by atoms with Crippen LogP contribution in [0.25, 0.3) is 0 Å². The van der Waals surface area contributed by atoms with Crippen LogP contribution in [0.4, 0.5) is 0 Å². The van der Waals surface area contributed by atoms with Crippen molar-refractivity contribution in [2.45, 2.75) is 66.9 Å². The van der Waals surface area contributed by atoms with Crippen LogP contribution in [0, 0.1) is 11.8 Å². The number of nitrogens with zero attached hydrogens (tertiary/aromatic N) is 1. The minimum atomic E-state index is -0.650. The molecule has 0 aromatic carbocycles. The Morgan fingerprint density at radius 1 is 1.04 bits per heavy atom. The first-order valence-electron chi connectivity index (χ1n) is 9.61. The molecule has 8 heteroatoms. The van der Waals surface area contributed by atoms with Gasteiger partial charge in [-0.3, -0.25) is 19.2 Å². The van der Waals surface area contributed by atoms with Gasteiger partial charge < -0.3 is 14.4 Å². The van der Waals surface area contributed by atoms with Crippen LogP contribution in [-0.4, -0.2) is 58.9 Å². The Kier molecular flexibility index (Phi) is 12.1. The molecule has 28 heavy (non-hydrogen) atoms. The summed E-state index contributed by atoms with van der Waals surface area (Å²) in [6, 6.07) is 0. The molecule has 0 aliphatic carbocycles. The number of rotatable bonds is 11. The summed E-state index contributed by atoms with van der Waals surface area (Å²) in [6.45, 7) is 12.8. The van der Waals surface area contributed by atoms with Gasteiger partial charge in [0.05, 0.1) is 6.61 Å². The third kappa shape index (κ3) is 13.6. The monoisotopic (exact) mass is 417 g/mol. The number of esters is 2. The lowest BCUT2D eigenvalue weighted by molar-refractivity contribution is -0.159. The second-order valence-corrected chi connectivity index (χ2v) is 9.43. The summed E-state index contributed by atoms with van der Waals surface area (Å²) in [5, 5.41) is -0.0637. The highest BCUT2D eigenvalue weighted by atomic mass is 32.2. The number of carbonyl (C=O) groups is 4. The number of hydrogen-bond donors (Lipinski definition) is 0. The van der Waals surface area contributed by atoms with E-state index in [9.17, 15) is 19.2 Å². The lowest BCUT2D eigenvalue weighted by Gasteiger charge is -2.27. The van der Waals surface area contributed by atoms with E-state index in [2.05, 4.69) is 0 Å². The van der Waals surface area contributed by atoms with Crippen LogP contribution in [0.15, 0.2) is 0 Å². The SMILES string of the molecule is CC(=O)SCC(C)C(=O)N(CCCC(=O)OCC(C)C)CC(=O)OC(C)(C)C. The molecule has 0 spiro atoms. The van der Waals surface area contributed by atoms with Crippen LogP contribution in [0.1, 0.15) is 61.3 Å². The Labute approximate surface area is 172 Å². The molecule has 1 atom stereocenters. The number of carbonyl (C=O) groups excluding carboxylic acids is 4. The molecule has 0 aromatic rings. The van der Waals surface area contributed by atoms with Crippen LogP contribution < -0.4 is 0 Å². The zero-order valence-corrected chi connectivity index (χ0v) is 19.0. The van der Waals surface area contributed by atoms with Crippen molar-refractivity contribution >= 4 is 34.7 Å². The summed E-state index contributed by atoms with van der Waals surface area (Å²) in [6.07, 6.45) is 0.555. The van der Waals surface area contributed by atoms with E-state index in [1.807, 2.05) is 13.8 Å².